The van der Waals surface area contributed by atoms with Gasteiger partial charge in [-0.1, -0.05) is 12.1 Å². The van der Waals surface area contributed by atoms with Crippen molar-refractivity contribution in [3.63, 3.8) is 0 Å². The Bertz CT molecular complexity index is 624. The van der Waals surface area contributed by atoms with Gasteiger partial charge in [-0.2, -0.15) is 0 Å². The molecule has 6 heteroatoms. The molecule has 1 heterocycles. The van der Waals surface area contributed by atoms with Gasteiger partial charge in [0.15, 0.2) is 5.69 Å². The molecule has 1 N–H and O–H groups in total. The molecule has 0 spiro atoms. The van der Waals surface area contributed by atoms with E-state index in [-0.39, 0.29) is 11.3 Å². The van der Waals surface area contributed by atoms with Gasteiger partial charge in [0.1, 0.15) is 11.4 Å². The third-order valence-electron chi connectivity index (χ3n) is 2.31. The zero-order chi connectivity index (χ0) is 12.6. The van der Waals surface area contributed by atoms with Crippen LogP contribution in [0.15, 0.2) is 33.6 Å². The van der Waals surface area contributed by atoms with E-state index < -0.39 is 17.4 Å². The first-order valence-corrected chi connectivity index (χ1v) is 4.70. The first-order valence-electron chi connectivity index (χ1n) is 4.70. The molecule has 0 unspecified atom stereocenters. The van der Waals surface area contributed by atoms with Crippen molar-refractivity contribution in [2.75, 3.05) is 0 Å². The summed E-state index contributed by atoms with van der Waals surface area (Å²) in [6.07, 6.45) is 0. The Balaban J connectivity index is 2.70. The molecule has 0 bridgehead atoms. The number of nitrogens with zero attached hydrogens (tertiary/aromatic N) is 1. The number of hydrogen-bond acceptors (Lipinski definition) is 3. The van der Waals surface area contributed by atoms with Gasteiger partial charge < -0.3 is 9.63 Å². The molecule has 2 aromatic rings. The molecule has 1 aromatic carbocycles. The van der Waals surface area contributed by atoms with Crippen LogP contribution in [0.2, 0.25) is 0 Å². The van der Waals surface area contributed by atoms with Crippen molar-refractivity contribution in [3.8, 4) is 11.1 Å². The van der Waals surface area contributed by atoms with Crippen LogP contribution in [0.3, 0.4) is 0 Å². The lowest BCUT2D eigenvalue weighted by Gasteiger charge is -1.99. The zero-order valence-corrected chi connectivity index (χ0v) is 8.81. The number of carboxylic acid groups (broad SMARTS) is 1. The van der Waals surface area contributed by atoms with Crippen molar-refractivity contribution in [2.45, 2.75) is 0 Å². The van der Waals surface area contributed by atoms with E-state index in [1.165, 1.54) is 19.2 Å². The SMILES string of the molecule is Cn1oc(=O)c(-c2ccc(F)cc2)c1C(=O)O. The summed E-state index contributed by atoms with van der Waals surface area (Å²) in [4.78, 5) is 22.5. The number of aromatic carboxylic acids is 1. The summed E-state index contributed by atoms with van der Waals surface area (Å²) in [6.45, 7) is 0. The first-order chi connectivity index (χ1) is 8.00. The lowest BCUT2D eigenvalue weighted by molar-refractivity contribution is 0.0673. The van der Waals surface area contributed by atoms with Crippen molar-refractivity contribution in [1.29, 1.82) is 0 Å². The Kier molecular flexibility index (Phi) is 2.55. The normalized spacial score (nSPS) is 10.5. The molecule has 2 rings (SSSR count). The molecular formula is C11H8FNO4. The van der Waals surface area contributed by atoms with E-state index in [0.29, 0.717) is 5.56 Å². The Hall–Kier alpha value is -2.37. The van der Waals surface area contributed by atoms with Crippen molar-refractivity contribution < 1.29 is 18.8 Å². The van der Waals surface area contributed by atoms with E-state index >= 15 is 0 Å². The molecule has 0 atom stereocenters. The molecule has 0 amide bonds. The number of aryl methyl sites for hydroxylation is 1. The van der Waals surface area contributed by atoms with Gasteiger partial charge in [0.2, 0.25) is 0 Å². The highest BCUT2D eigenvalue weighted by molar-refractivity contribution is 5.93. The van der Waals surface area contributed by atoms with E-state index in [9.17, 15) is 14.0 Å². The fourth-order valence-electron chi connectivity index (χ4n) is 1.58. The average Bonchev–Trinajstić information content (AvgIpc) is 2.55. The molecule has 0 aliphatic carbocycles. The minimum atomic E-state index is -1.28. The highest BCUT2D eigenvalue weighted by atomic mass is 19.1. The Morgan fingerprint density at radius 3 is 2.47 bits per heavy atom. The van der Waals surface area contributed by atoms with E-state index in [1.54, 1.807) is 0 Å². The third kappa shape index (κ3) is 1.84. The van der Waals surface area contributed by atoms with Crippen molar-refractivity contribution in [1.82, 2.24) is 4.74 Å². The van der Waals surface area contributed by atoms with Gasteiger partial charge in [0.25, 0.3) is 0 Å². The first kappa shape index (κ1) is 11.1. The number of halogens is 1. The van der Waals surface area contributed by atoms with E-state index in [4.69, 9.17) is 5.11 Å². The van der Waals surface area contributed by atoms with Gasteiger partial charge in [-0.15, -0.1) is 0 Å². The maximum Gasteiger partial charge on any atom is 0.366 e. The van der Waals surface area contributed by atoms with Crippen molar-refractivity contribution in [3.05, 3.63) is 46.2 Å². The predicted molar refractivity (Wildman–Crippen MR) is 56.3 cm³/mol. The molecular weight excluding hydrogens is 229 g/mol. The Labute approximate surface area is 94.7 Å². The van der Waals surface area contributed by atoms with Crippen molar-refractivity contribution in [2.24, 2.45) is 7.05 Å². The molecule has 0 fully saturated rings. The second kappa shape index (κ2) is 3.89. The molecule has 0 aliphatic heterocycles. The van der Waals surface area contributed by atoms with Crippen LogP contribution in [-0.4, -0.2) is 15.8 Å². The summed E-state index contributed by atoms with van der Waals surface area (Å²) >= 11 is 0. The van der Waals surface area contributed by atoms with Crippen molar-refractivity contribution >= 4 is 5.97 Å². The predicted octanol–water partition coefficient (Wildman–Crippen LogP) is 1.48. The summed E-state index contributed by atoms with van der Waals surface area (Å²) in [7, 11) is 1.32. The van der Waals surface area contributed by atoms with E-state index in [1.807, 2.05) is 0 Å². The second-order valence-electron chi connectivity index (χ2n) is 3.41. The van der Waals surface area contributed by atoms with Crippen LogP contribution < -0.4 is 5.63 Å². The summed E-state index contributed by atoms with van der Waals surface area (Å²) in [6, 6.07) is 4.95. The quantitative estimate of drug-likeness (QED) is 0.858. The van der Waals surface area contributed by atoms with Crippen LogP contribution in [0, 0.1) is 5.82 Å². The average molecular weight is 237 g/mol. The topological polar surface area (TPSA) is 72.4 Å². The van der Waals surface area contributed by atoms with Gasteiger partial charge in [-0.05, 0) is 17.7 Å². The van der Waals surface area contributed by atoms with Gasteiger partial charge in [-0.25, -0.2) is 18.7 Å². The molecule has 5 nitrogen and oxygen atoms in total. The highest BCUT2D eigenvalue weighted by Crippen LogP contribution is 2.20. The fraction of sp³-hybridized carbons (Fsp3) is 0.0909. The molecule has 1 aromatic heterocycles. The van der Waals surface area contributed by atoms with Crippen LogP contribution in [0.5, 0.6) is 0 Å². The number of rotatable bonds is 2. The Morgan fingerprint density at radius 1 is 1.35 bits per heavy atom. The molecule has 17 heavy (non-hydrogen) atoms. The van der Waals surface area contributed by atoms with Gasteiger partial charge >= 0.3 is 11.6 Å². The standard InChI is InChI=1S/C11H8FNO4/c1-13-9(10(14)15)8(11(16)17-13)6-2-4-7(12)5-3-6/h2-5H,1H3,(H,14,15). The monoisotopic (exact) mass is 237 g/mol. The molecule has 0 aliphatic rings. The summed E-state index contributed by atoms with van der Waals surface area (Å²) < 4.78 is 18.3. The smallest absolute Gasteiger partial charge is 0.366 e. The van der Waals surface area contributed by atoms with Crippen LogP contribution in [0.25, 0.3) is 11.1 Å². The number of carbonyl (C=O) groups is 1. The van der Waals surface area contributed by atoms with Gasteiger partial charge in [0, 0.05) is 7.05 Å². The number of aromatic nitrogens is 1. The van der Waals surface area contributed by atoms with Gasteiger partial charge in [0.05, 0.1) is 0 Å². The largest absolute Gasteiger partial charge is 0.476 e. The molecule has 0 radical (unpaired) electrons. The zero-order valence-electron chi connectivity index (χ0n) is 8.81. The molecule has 0 saturated carbocycles. The maximum atomic E-state index is 12.7. The van der Waals surface area contributed by atoms with Crippen LogP contribution >= 0.6 is 0 Å². The summed E-state index contributed by atoms with van der Waals surface area (Å²) in [5.41, 5.74) is -0.809. The lowest BCUT2D eigenvalue weighted by Crippen LogP contribution is -2.06. The summed E-state index contributed by atoms with van der Waals surface area (Å²) in [5.74, 6) is -1.75. The third-order valence-corrected chi connectivity index (χ3v) is 2.31. The fourth-order valence-corrected chi connectivity index (χ4v) is 1.58. The molecule has 0 saturated heterocycles. The van der Waals surface area contributed by atoms with Crippen LogP contribution in [-0.2, 0) is 7.05 Å². The van der Waals surface area contributed by atoms with Gasteiger partial charge in [-0.3, -0.25) is 0 Å². The minimum Gasteiger partial charge on any atom is -0.476 e. The van der Waals surface area contributed by atoms with E-state index in [0.717, 1.165) is 16.9 Å². The maximum absolute atomic E-state index is 12.7. The number of benzene rings is 1. The second-order valence-corrected chi connectivity index (χ2v) is 3.41. The van der Waals surface area contributed by atoms with Crippen LogP contribution in [0.4, 0.5) is 4.39 Å². The number of carboxylic acids is 1. The molecule has 88 valence electrons. The van der Waals surface area contributed by atoms with E-state index in [2.05, 4.69) is 4.52 Å². The highest BCUT2D eigenvalue weighted by Gasteiger charge is 2.22. The Morgan fingerprint density at radius 2 is 1.94 bits per heavy atom. The lowest BCUT2D eigenvalue weighted by atomic mass is 10.1. The number of hydrogen-bond donors (Lipinski definition) is 1. The minimum absolute atomic E-state index is 0.0833. The van der Waals surface area contributed by atoms with Crippen LogP contribution in [0.1, 0.15) is 10.5 Å². The summed E-state index contributed by atoms with van der Waals surface area (Å²) in [5, 5.41) is 8.98.